The van der Waals surface area contributed by atoms with Crippen LogP contribution in [0.25, 0.3) is 5.57 Å². The molecule has 2 nitrogen and oxygen atoms in total. The Morgan fingerprint density at radius 1 is 1.12 bits per heavy atom. The lowest BCUT2D eigenvalue weighted by Gasteiger charge is -2.43. The van der Waals surface area contributed by atoms with Crippen molar-refractivity contribution in [2.24, 2.45) is 4.99 Å². The normalized spacial score (nSPS) is 15.9. The highest BCUT2D eigenvalue weighted by molar-refractivity contribution is 5.90. The van der Waals surface area contributed by atoms with Crippen LogP contribution < -0.4 is 4.90 Å². The lowest BCUT2D eigenvalue weighted by atomic mass is 9.87. The molecule has 1 aliphatic heterocycles. The number of hydrogen-bond acceptors (Lipinski definition) is 2. The van der Waals surface area contributed by atoms with Gasteiger partial charge in [-0.2, -0.15) is 0 Å². The molecule has 0 N–H and O–H groups in total. The maximum atomic E-state index is 13.0. The van der Waals surface area contributed by atoms with Gasteiger partial charge in [0.2, 0.25) is 0 Å². The van der Waals surface area contributed by atoms with Crippen LogP contribution in [0.1, 0.15) is 50.8 Å². The molecule has 3 rings (SSSR count). The standard InChI is InChI=1S/C23H27FN2/c1-6-11-26-22-12-16(2)18(13-21(22)17(3)14-23(26,4)5)15-25-20-9-7-19(24)8-10-20/h7-10,12-15H,6,11H2,1-5H3. The van der Waals surface area contributed by atoms with E-state index in [1.165, 1.54) is 34.5 Å². The fourth-order valence-electron chi connectivity index (χ4n) is 3.69. The average Bonchev–Trinajstić information content (AvgIpc) is 2.58. The number of allylic oxidation sites excluding steroid dienone is 1. The third kappa shape index (κ3) is 3.57. The highest BCUT2D eigenvalue weighted by Gasteiger charge is 2.30. The second-order valence-electron chi connectivity index (χ2n) is 7.59. The molecule has 0 aliphatic carbocycles. The summed E-state index contributed by atoms with van der Waals surface area (Å²) in [5.74, 6) is -0.242. The van der Waals surface area contributed by atoms with Crippen LogP contribution in [0, 0.1) is 12.7 Å². The quantitative estimate of drug-likeness (QED) is 0.591. The van der Waals surface area contributed by atoms with Crippen LogP contribution in [0.4, 0.5) is 15.8 Å². The number of aliphatic imine (C=N–C) groups is 1. The van der Waals surface area contributed by atoms with E-state index in [4.69, 9.17) is 0 Å². The van der Waals surface area contributed by atoms with Crippen molar-refractivity contribution < 1.29 is 4.39 Å². The summed E-state index contributed by atoms with van der Waals surface area (Å²) >= 11 is 0. The maximum absolute atomic E-state index is 13.0. The number of hydrogen-bond donors (Lipinski definition) is 0. The maximum Gasteiger partial charge on any atom is 0.123 e. The van der Waals surface area contributed by atoms with Crippen molar-refractivity contribution in [1.29, 1.82) is 0 Å². The predicted octanol–water partition coefficient (Wildman–Crippen LogP) is 6.30. The van der Waals surface area contributed by atoms with E-state index < -0.39 is 0 Å². The SMILES string of the molecule is CCCN1c2cc(C)c(C=Nc3ccc(F)cc3)cc2C(C)=CC1(C)C. The van der Waals surface area contributed by atoms with Gasteiger partial charge in [0.1, 0.15) is 5.82 Å². The highest BCUT2D eigenvalue weighted by atomic mass is 19.1. The van der Waals surface area contributed by atoms with Crippen LogP contribution in [0.15, 0.2) is 47.5 Å². The van der Waals surface area contributed by atoms with Crippen molar-refractivity contribution in [3.05, 3.63) is 65.0 Å². The Morgan fingerprint density at radius 3 is 2.46 bits per heavy atom. The molecular weight excluding hydrogens is 323 g/mol. The van der Waals surface area contributed by atoms with E-state index in [-0.39, 0.29) is 11.4 Å². The van der Waals surface area contributed by atoms with Gasteiger partial charge >= 0.3 is 0 Å². The monoisotopic (exact) mass is 350 g/mol. The van der Waals surface area contributed by atoms with E-state index in [1.807, 2.05) is 6.21 Å². The van der Waals surface area contributed by atoms with E-state index in [2.05, 4.69) is 62.7 Å². The fourth-order valence-corrected chi connectivity index (χ4v) is 3.69. The van der Waals surface area contributed by atoms with Crippen LogP contribution in [0.2, 0.25) is 0 Å². The fraction of sp³-hybridized carbons (Fsp3) is 0.348. The van der Waals surface area contributed by atoms with Crippen molar-refractivity contribution >= 4 is 23.2 Å². The Balaban J connectivity index is 2.01. The molecule has 3 heteroatoms. The lowest BCUT2D eigenvalue weighted by molar-refractivity contribution is 0.550. The van der Waals surface area contributed by atoms with Gasteiger partial charge in [-0.05, 0) is 87.2 Å². The molecule has 0 aromatic heterocycles. The minimum absolute atomic E-state index is 0.0171. The molecule has 0 saturated heterocycles. The number of halogens is 1. The van der Waals surface area contributed by atoms with Crippen LogP contribution >= 0.6 is 0 Å². The minimum atomic E-state index is -0.242. The Hall–Kier alpha value is -2.42. The minimum Gasteiger partial charge on any atom is -0.362 e. The van der Waals surface area contributed by atoms with Gasteiger partial charge in [0.05, 0.1) is 11.2 Å². The van der Waals surface area contributed by atoms with Crippen molar-refractivity contribution in [2.45, 2.75) is 46.6 Å². The Kier molecular flexibility index (Phi) is 4.99. The third-order valence-corrected chi connectivity index (χ3v) is 4.99. The molecule has 0 fully saturated rings. The van der Waals surface area contributed by atoms with Gasteiger partial charge in [-0.25, -0.2) is 4.39 Å². The Bertz CT molecular complexity index is 861. The number of fused-ring (bicyclic) bond motifs is 1. The molecule has 0 unspecified atom stereocenters. The molecule has 2 aromatic carbocycles. The molecule has 0 atom stereocenters. The van der Waals surface area contributed by atoms with E-state index in [1.54, 1.807) is 12.1 Å². The molecule has 0 amide bonds. The summed E-state index contributed by atoms with van der Waals surface area (Å²) in [5, 5.41) is 0. The van der Waals surface area contributed by atoms with E-state index in [0.29, 0.717) is 0 Å². The summed E-state index contributed by atoms with van der Waals surface area (Å²) < 4.78 is 13.0. The van der Waals surface area contributed by atoms with Gasteiger partial charge in [0.15, 0.2) is 0 Å². The van der Waals surface area contributed by atoms with Gasteiger partial charge in [-0.3, -0.25) is 4.99 Å². The Morgan fingerprint density at radius 2 is 1.81 bits per heavy atom. The van der Waals surface area contributed by atoms with Gasteiger partial charge < -0.3 is 4.90 Å². The second-order valence-corrected chi connectivity index (χ2v) is 7.59. The molecular formula is C23H27FN2. The van der Waals surface area contributed by atoms with E-state index >= 15 is 0 Å². The van der Waals surface area contributed by atoms with E-state index in [0.717, 1.165) is 24.2 Å². The molecule has 0 spiro atoms. The zero-order chi connectivity index (χ0) is 18.9. The molecule has 26 heavy (non-hydrogen) atoms. The van der Waals surface area contributed by atoms with Crippen molar-refractivity contribution in [3.8, 4) is 0 Å². The van der Waals surface area contributed by atoms with E-state index in [9.17, 15) is 4.39 Å². The Labute approximate surface area is 156 Å². The van der Waals surface area contributed by atoms with Crippen LogP contribution in [0.5, 0.6) is 0 Å². The molecule has 2 aromatic rings. The van der Waals surface area contributed by atoms with Gasteiger partial charge in [-0.15, -0.1) is 0 Å². The molecule has 1 aliphatic rings. The summed E-state index contributed by atoms with van der Waals surface area (Å²) in [5.41, 5.74) is 6.93. The molecule has 136 valence electrons. The number of anilines is 1. The second kappa shape index (κ2) is 7.06. The van der Waals surface area contributed by atoms with Gasteiger partial charge in [-0.1, -0.05) is 13.0 Å². The number of benzene rings is 2. The molecule has 0 bridgehead atoms. The summed E-state index contributed by atoms with van der Waals surface area (Å²) in [6.07, 6.45) is 5.34. The van der Waals surface area contributed by atoms with Crippen LogP contribution in [0.3, 0.4) is 0 Å². The smallest absolute Gasteiger partial charge is 0.123 e. The first kappa shape index (κ1) is 18.4. The lowest BCUT2D eigenvalue weighted by Crippen LogP contribution is -2.45. The van der Waals surface area contributed by atoms with Crippen molar-refractivity contribution in [2.75, 3.05) is 11.4 Å². The summed E-state index contributed by atoms with van der Waals surface area (Å²) in [7, 11) is 0. The predicted molar refractivity (Wildman–Crippen MR) is 110 cm³/mol. The number of rotatable bonds is 4. The zero-order valence-electron chi connectivity index (χ0n) is 16.3. The van der Waals surface area contributed by atoms with Crippen LogP contribution in [-0.2, 0) is 0 Å². The largest absolute Gasteiger partial charge is 0.362 e. The summed E-state index contributed by atoms with van der Waals surface area (Å²) in [6.45, 7) is 12.1. The number of nitrogens with zero attached hydrogens (tertiary/aromatic N) is 2. The number of aryl methyl sites for hydroxylation is 1. The van der Waals surface area contributed by atoms with Crippen molar-refractivity contribution in [1.82, 2.24) is 0 Å². The van der Waals surface area contributed by atoms with Gasteiger partial charge in [0, 0.05) is 24.0 Å². The van der Waals surface area contributed by atoms with Crippen molar-refractivity contribution in [3.63, 3.8) is 0 Å². The first-order valence-corrected chi connectivity index (χ1v) is 9.23. The first-order valence-electron chi connectivity index (χ1n) is 9.23. The molecule has 0 saturated carbocycles. The zero-order valence-corrected chi connectivity index (χ0v) is 16.3. The van der Waals surface area contributed by atoms with Crippen LogP contribution in [-0.4, -0.2) is 18.3 Å². The third-order valence-electron chi connectivity index (χ3n) is 4.99. The first-order chi connectivity index (χ1) is 12.3. The average molecular weight is 350 g/mol. The summed E-state index contributed by atoms with van der Waals surface area (Å²) in [4.78, 5) is 7.00. The summed E-state index contributed by atoms with van der Waals surface area (Å²) in [6, 6.07) is 10.7. The molecule has 1 heterocycles. The topological polar surface area (TPSA) is 15.6 Å². The molecule has 0 radical (unpaired) electrons. The highest BCUT2D eigenvalue weighted by Crippen LogP contribution is 2.40. The van der Waals surface area contributed by atoms with Gasteiger partial charge in [0.25, 0.3) is 0 Å².